The lowest BCUT2D eigenvalue weighted by molar-refractivity contribution is 0.0983. The van der Waals surface area contributed by atoms with Crippen LogP contribution in [-0.2, 0) is 0 Å². The van der Waals surface area contributed by atoms with Gasteiger partial charge in [0.25, 0.3) is 5.91 Å². The quantitative estimate of drug-likeness (QED) is 0.911. The van der Waals surface area contributed by atoms with Crippen molar-refractivity contribution in [1.29, 1.82) is 0 Å². The number of benzene rings is 1. The second kappa shape index (κ2) is 5.95. The Kier molecular flexibility index (Phi) is 4.07. The molecule has 1 aromatic carbocycles. The molecule has 0 spiro atoms. The van der Waals surface area contributed by atoms with Gasteiger partial charge in [0.1, 0.15) is 11.5 Å². The number of aromatic nitrogens is 2. The number of anilines is 2. The second-order valence-corrected chi connectivity index (χ2v) is 3.92. The molecule has 5 heteroatoms. The van der Waals surface area contributed by atoms with Crippen LogP contribution in [0.1, 0.15) is 17.4 Å². The fourth-order valence-corrected chi connectivity index (χ4v) is 1.78. The average molecular weight is 256 g/mol. The molecule has 2 aromatic rings. The van der Waals surface area contributed by atoms with Crippen molar-refractivity contribution in [1.82, 2.24) is 9.97 Å². The number of rotatable bonds is 4. The van der Waals surface area contributed by atoms with E-state index in [4.69, 9.17) is 0 Å². The first-order valence-corrected chi connectivity index (χ1v) is 6.13. The summed E-state index contributed by atoms with van der Waals surface area (Å²) in [6.45, 7) is 2.51. The van der Waals surface area contributed by atoms with Crippen molar-refractivity contribution >= 4 is 17.4 Å². The summed E-state index contributed by atoms with van der Waals surface area (Å²) in [6.07, 6.45) is 3.06. The summed E-state index contributed by atoms with van der Waals surface area (Å²) in [4.78, 5) is 22.3. The van der Waals surface area contributed by atoms with Crippen LogP contribution >= 0.6 is 0 Å². The third-order valence-corrected chi connectivity index (χ3v) is 2.74. The Balaban J connectivity index is 2.30. The van der Waals surface area contributed by atoms with Crippen molar-refractivity contribution in [3.8, 4) is 0 Å². The van der Waals surface area contributed by atoms with Crippen LogP contribution in [0.3, 0.4) is 0 Å². The predicted octanol–water partition coefficient (Wildman–Crippen LogP) is 2.18. The minimum Gasteiger partial charge on any atom is -0.372 e. The molecular weight excluding hydrogens is 240 g/mol. The van der Waals surface area contributed by atoms with E-state index in [-0.39, 0.29) is 5.91 Å². The first kappa shape index (κ1) is 13.0. The van der Waals surface area contributed by atoms with E-state index in [1.807, 2.05) is 37.3 Å². The van der Waals surface area contributed by atoms with E-state index in [0.29, 0.717) is 18.1 Å². The molecule has 1 aromatic heterocycles. The second-order valence-electron chi connectivity index (χ2n) is 3.92. The average Bonchev–Trinajstić information content (AvgIpc) is 2.49. The molecule has 0 saturated heterocycles. The first-order valence-electron chi connectivity index (χ1n) is 6.13. The predicted molar refractivity (Wildman–Crippen MR) is 75.4 cm³/mol. The largest absolute Gasteiger partial charge is 0.372 e. The Morgan fingerprint density at radius 1 is 1.26 bits per heavy atom. The minimum atomic E-state index is -0.154. The zero-order valence-electron chi connectivity index (χ0n) is 11.0. The maximum Gasteiger partial charge on any atom is 0.278 e. The van der Waals surface area contributed by atoms with Crippen LogP contribution in [0, 0.1) is 0 Å². The number of hydrogen-bond donors (Lipinski definition) is 1. The van der Waals surface area contributed by atoms with Gasteiger partial charge in [-0.05, 0) is 19.1 Å². The summed E-state index contributed by atoms with van der Waals surface area (Å²) in [5.41, 5.74) is 1.18. The summed E-state index contributed by atoms with van der Waals surface area (Å²) in [5.74, 6) is 0.424. The molecular formula is C14H16N4O. The van der Waals surface area contributed by atoms with Crippen LogP contribution in [0.5, 0.6) is 0 Å². The summed E-state index contributed by atoms with van der Waals surface area (Å²) in [5, 5.41) is 2.87. The summed E-state index contributed by atoms with van der Waals surface area (Å²) >= 11 is 0. The molecule has 0 fully saturated rings. The van der Waals surface area contributed by atoms with E-state index in [9.17, 15) is 4.79 Å². The molecule has 1 N–H and O–H groups in total. The SMILES string of the molecule is CCN(C(=O)c1cncc(NC)n1)c1ccccc1. The third-order valence-electron chi connectivity index (χ3n) is 2.74. The molecule has 98 valence electrons. The Hall–Kier alpha value is -2.43. The molecule has 5 nitrogen and oxygen atoms in total. The van der Waals surface area contributed by atoms with Crippen LogP contribution < -0.4 is 10.2 Å². The van der Waals surface area contributed by atoms with Gasteiger partial charge in [0.05, 0.1) is 12.4 Å². The topological polar surface area (TPSA) is 58.1 Å². The molecule has 0 unspecified atom stereocenters. The highest BCUT2D eigenvalue weighted by Gasteiger charge is 2.17. The zero-order chi connectivity index (χ0) is 13.7. The first-order chi connectivity index (χ1) is 9.26. The highest BCUT2D eigenvalue weighted by molar-refractivity contribution is 6.04. The Labute approximate surface area is 112 Å². The smallest absolute Gasteiger partial charge is 0.278 e. The summed E-state index contributed by atoms with van der Waals surface area (Å²) in [7, 11) is 1.74. The van der Waals surface area contributed by atoms with Gasteiger partial charge in [0.15, 0.2) is 0 Å². The van der Waals surface area contributed by atoms with Gasteiger partial charge in [-0.2, -0.15) is 0 Å². The summed E-state index contributed by atoms with van der Waals surface area (Å²) < 4.78 is 0. The van der Waals surface area contributed by atoms with E-state index >= 15 is 0 Å². The number of nitrogens with one attached hydrogen (secondary N) is 1. The maximum atomic E-state index is 12.4. The highest BCUT2D eigenvalue weighted by atomic mass is 16.2. The molecule has 0 aliphatic carbocycles. The van der Waals surface area contributed by atoms with Crippen molar-refractivity contribution in [2.45, 2.75) is 6.92 Å². The third kappa shape index (κ3) is 2.88. The molecule has 0 aliphatic heterocycles. The molecule has 0 atom stereocenters. The molecule has 0 bridgehead atoms. The van der Waals surface area contributed by atoms with Gasteiger partial charge < -0.3 is 10.2 Å². The Bertz CT molecular complexity index is 556. The van der Waals surface area contributed by atoms with E-state index in [2.05, 4.69) is 15.3 Å². The zero-order valence-corrected chi connectivity index (χ0v) is 11.0. The van der Waals surface area contributed by atoms with Crippen LogP contribution in [0.25, 0.3) is 0 Å². The number of amides is 1. The Morgan fingerprint density at radius 2 is 2.00 bits per heavy atom. The van der Waals surface area contributed by atoms with E-state index < -0.39 is 0 Å². The van der Waals surface area contributed by atoms with Crippen molar-refractivity contribution in [2.24, 2.45) is 0 Å². The van der Waals surface area contributed by atoms with Gasteiger partial charge in [0, 0.05) is 19.3 Å². The van der Waals surface area contributed by atoms with Gasteiger partial charge in [-0.1, -0.05) is 18.2 Å². The summed E-state index contributed by atoms with van der Waals surface area (Å²) in [6, 6.07) is 9.53. The van der Waals surface area contributed by atoms with Crippen molar-refractivity contribution in [3.63, 3.8) is 0 Å². The number of hydrogen-bond acceptors (Lipinski definition) is 4. The lowest BCUT2D eigenvalue weighted by atomic mass is 10.2. The maximum absolute atomic E-state index is 12.4. The van der Waals surface area contributed by atoms with Crippen LogP contribution in [0.15, 0.2) is 42.7 Å². The molecule has 0 saturated carbocycles. The lowest BCUT2D eigenvalue weighted by Crippen LogP contribution is -2.31. The van der Waals surface area contributed by atoms with E-state index in [0.717, 1.165) is 5.69 Å². The molecule has 1 amide bonds. The molecule has 2 rings (SSSR count). The fraction of sp³-hybridized carbons (Fsp3) is 0.214. The van der Waals surface area contributed by atoms with Gasteiger partial charge in [-0.15, -0.1) is 0 Å². The van der Waals surface area contributed by atoms with Crippen molar-refractivity contribution in [3.05, 3.63) is 48.4 Å². The molecule has 0 radical (unpaired) electrons. The van der Waals surface area contributed by atoms with Crippen molar-refractivity contribution in [2.75, 3.05) is 23.8 Å². The van der Waals surface area contributed by atoms with Crippen LogP contribution in [0.4, 0.5) is 11.5 Å². The van der Waals surface area contributed by atoms with Crippen LogP contribution in [-0.4, -0.2) is 29.5 Å². The number of carbonyl (C=O) groups is 1. The lowest BCUT2D eigenvalue weighted by Gasteiger charge is -2.20. The van der Waals surface area contributed by atoms with Crippen molar-refractivity contribution < 1.29 is 4.79 Å². The fourth-order valence-electron chi connectivity index (χ4n) is 1.78. The monoisotopic (exact) mass is 256 g/mol. The van der Waals surface area contributed by atoms with Crippen LogP contribution in [0.2, 0.25) is 0 Å². The van der Waals surface area contributed by atoms with Gasteiger partial charge >= 0.3 is 0 Å². The molecule has 1 heterocycles. The van der Waals surface area contributed by atoms with Gasteiger partial charge in [-0.3, -0.25) is 9.78 Å². The minimum absolute atomic E-state index is 0.154. The normalized spacial score (nSPS) is 10.0. The van der Waals surface area contributed by atoms with Gasteiger partial charge in [-0.25, -0.2) is 4.98 Å². The van der Waals surface area contributed by atoms with Gasteiger partial charge in [0.2, 0.25) is 0 Å². The number of nitrogens with zero attached hydrogens (tertiary/aromatic N) is 3. The Morgan fingerprint density at radius 3 is 2.63 bits per heavy atom. The molecule has 19 heavy (non-hydrogen) atoms. The molecule has 0 aliphatic rings. The van der Waals surface area contributed by atoms with E-state index in [1.54, 1.807) is 18.1 Å². The highest BCUT2D eigenvalue weighted by Crippen LogP contribution is 2.15. The number of para-hydroxylation sites is 1. The number of carbonyl (C=O) groups excluding carboxylic acids is 1. The van der Waals surface area contributed by atoms with E-state index in [1.165, 1.54) is 6.20 Å². The standard InChI is InChI=1S/C14H16N4O/c1-3-18(11-7-5-4-6-8-11)14(19)12-9-16-10-13(15-2)17-12/h4-10H,3H2,1-2H3,(H,15,17).